The van der Waals surface area contributed by atoms with E-state index in [1.807, 2.05) is 0 Å². The summed E-state index contributed by atoms with van der Waals surface area (Å²) < 4.78 is 0. The quantitative estimate of drug-likeness (QED) is 0.821. The van der Waals surface area contributed by atoms with E-state index in [2.05, 4.69) is 4.98 Å². The number of hydrogen-bond donors (Lipinski definition) is 1. The summed E-state index contributed by atoms with van der Waals surface area (Å²) in [4.78, 5) is 15.5. The van der Waals surface area contributed by atoms with Crippen LogP contribution in [0, 0.1) is 0 Å². The van der Waals surface area contributed by atoms with Crippen molar-refractivity contribution in [2.45, 2.75) is 31.6 Å². The number of aromatic amines is 1. The lowest BCUT2D eigenvalue weighted by Gasteiger charge is -2.11. The van der Waals surface area contributed by atoms with Crippen molar-refractivity contribution < 1.29 is 0 Å². The normalized spacial score (nSPS) is 16.6. The first-order chi connectivity index (χ1) is 8.65. The zero-order valence-corrected chi connectivity index (χ0v) is 11.3. The second-order valence-electron chi connectivity index (χ2n) is 4.88. The first-order valence-electron chi connectivity index (χ1n) is 6.17. The van der Waals surface area contributed by atoms with Crippen molar-refractivity contribution in [1.82, 2.24) is 4.98 Å². The van der Waals surface area contributed by atoms with Crippen LogP contribution in [0.5, 0.6) is 0 Å². The Morgan fingerprint density at radius 1 is 1.11 bits per heavy atom. The molecule has 0 atom stereocenters. The average molecular weight is 282 g/mol. The molecule has 0 aliphatic heterocycles. The molecule has 94 valence electrons. The Hall–Kier alpha value is -0.990. The van der Waals surface area contributed by atoms with E-state index in [0.29, 0.717) is 21.3 Å². The zero-order chi connectivity index (χ0) is 12.7. The van der Waals surface area contributed by atoms with Gasteiger partial charge in [0.25, 0.3) is 0 Å². The van der Waals surface area contributed by atoms with Crippen LogP contribution in [0.25, 0.3) is 10.9 Å². The van der Waals surface area contributed by atoms with Gasteiger partial charge in [0.2, 0.25) is 0 Å². The first kappa shape index (κ1) is 12.1. The van der Waals surface area contributed by atoms with Crippen molar-refractivity contribution in [1.29, 1.82) is 0 Å². The Bertz CT molecular complexity index is 657. The van der Waals surface area contributed by atoms with Crippen LogP contribution >= 0.6 is 23.2 Å². The van der Waals surface area contributed by atoms with Crippen molar-refractivity contribution in [3.63, 3.8) is 0 Å². The van der Waals surface area contributed by atoms with Gasteiger partial charge in [0.15, 0.2) is 5.43 Å². The van der Waals surface area contributed by atoms with E-state index in [4.69, 9.17) is 23.2 Å². The average Bonchev–Trinajstić information content (AvgIpc) is 2.80. The molecule has 3 rings (SSSR count). The highest BCUT2D eigenvalue weighted by Crippen LogP contribution is 2.34. The second-order valence-corrected chi connectivity index (χ2v) is 5.72. The SMILES string of the molecule is O=c1cc(C2CCCC2)[nH]c2cc(Cl)cc(Cl)c12. The zero-order valence-electron chi connectivity index (χ0n) is 9.80. The third-order valence-corrected chi connectivity index (χ3v) is 4.18. The van der Waals surface area contributed by atoms with Crippen LogP contribution in [0.1, 0.15) is 37.3 Å². The number of aromatic nitrogens is 1. The van der Waals surface area contributed by atoms with Crippen molar-refractivity contribution >= 4 is 34.1 Å². The van der Waals surface area contributed by atoms with Crippen LogP contribution in [0.2, 0.25) is 10.0 Å². The molecule has 1 aromatic carbocycles. The summed E-state index contributed by atoms with van der Waals surface area (Å²) in [6.07, 6.45) is 4.77. The van der Waals surface area contributed by atoms with Crippen molar-refractivity contribution in [3.05, 3.63) is 44.2 Å². The Labute approximate surface area is 115 Å². The molecule has 0 saturated heterocycles. The van der Waals surface area contributed by atoms with Gasteiger partial charge in [-0.25, -0.2) is 0 Å². The summed E-state index contributed by atoms with van der Waals surface area (Å²) in [5.41, 5.74) is 1.73. The van der Waals surface area contributed by atoms with Crippen molar-refractivity contribution in [2.75, 3.05) is 0 Å². The van der Waals surface area contributed by atoms with Crippen LogP contribution in [-0.4, -0.2) is 4.98 Å². The molecule has 1 saturated carbocycles. The van der Waals surface area contributed by atoms with Gasteiger partial charge in [-0.3, -0.25) is 4.79 Å². The number of hydrogen-bond acceptors (Lipinski definition) is 1. The number of fused-ring (bicyclic) bond motifs is 1. The lowest BCUT2D eigenvalue weighted by atomic mass is 10.0. The topological polar surface area (TPSA) is 32.9 Å². The minimum absolute atomic E-state index is 0.0210. The molecule has 2 aromatic rings. The molecule has 2 nitrogen and oxygen atoms in total. The third-order valence-electron chi connectivity index (χ3n) is 3.66. The monoisotopic (exact) mass is 281 g/mol. The predicted octanol–water partition coefficient (Wildman–Crippen LogP) is 4.49. The Morgan fingerprint density at radius 2 is 1.83 bits per heavy atom. The van der Waals surface area contributed by atoms with Gasteiger partial charge in [-0.1, -0.05) is 36.0 Å². The largest absolute Gasteiger partial charge is 0.358 e. The fraction of sp³-hybridized carbons (Fsp3) is 0.357. The van der Waals surface area contributed by atoms with Gasteiger partial charge in [0, 0.05) is 16.8 Å². The molecule has 1 aromatic heterocycles. The summed E-state index contributed by atoms with van der Waals surface area (Å²) in [6.45, 7) is 0. The van der Waals surface area contributed by atoms with Crippen molar-refractivity contribution in [3.8, 4) is 0 Å². The third kappa shape index (κ3) is 2.04. The smallest absolute Gasteiger partial charge is 0.191 e. The van der Waals surface area contributed by atoms with E-state index in [9.17, 15) is 4.79 Å². The van der Waals surface area contributed by atoms with Crippen LogP contribution in [0.4, 0.5) is 0 Å². The molecular formula is C14H13Cl2NO. The number of pyridine rings is 1. The molecule has 0 amide bonds. The highest BCUT2D eigenvalue weighted by Gasteiger charge is 2.19. The van der Waals surface area contributed by atoms with E-state index in [1.165, 1.54) is 12.8 Å². The number of benzene rings is 1. The Balaban J connectivity index is 2.23. The Morgan fingerprint density at radius 3 is 2.56 bits per heavy atom. The molecule has 1 heterocycles. The lowest BCUT2D eigenvalue weighted by Crippen LogP contribution is -2.08. The number of nitrogens with one attached hydrogen (secondary N) is 1. The van der Waals surface area contributed by atoms with Gasteiger partial charge in [-0.2, -0.15) is 0 Å². The van der Waals surface area contributed by atoms with Crippen LogP contribution in [0.15, 0.2) is 23.0 Å². The molecule has 0 spiro atoms. The fourth-order valence-electron chi connectivity index (χ4n) is 2.78. The maximum atomic E-state index is 12.1. The molecule has 1 aliphatic carbocycles. The molecule has 0 bridgehead atoms. The summed E-state index contributed by atoms with van der Waals surface area (Å²) >= 11 is 12.1. The molecule has 4 heteroatoms. The molecule has 0 unspecified atom stereocenters. The summed E-state index contributed by atoms with van der Waals surface area (Å²) in [5.74, 6) is 0.472. The molecule has 0 radical (unpaired) electrons. The van der Waals surface area contributed by atoms with Gasteiger partial charge in [0.1, 0.15) is 0 Å². The van der Waals surface area contributed by atoms with Gasteiger partial charge in [0.05, 0.1) is 15.9 Å². The summed E-state index contributed by atoms with van der Waals surface area (Å²) in [7, 11) is 0. The first-order valence-corrected chi connectivity index (χ1v) is 6.93. The van der Waals surface area contributed by atoms with E-state index in [-0.39, 0.29) is 5.43 Å². The number of halogens is 2. The minimum atomic E-state index is -0.0210. The number of H-pyrrole nitrogens is 1. The maximum Gasteiger partial charge on any atom is 0.191 e. The van der Waals surface area contributed by atoms with E-state index in [1.54, 1.807) is 18.2 Å². The standard InChI is InChI=1S/C14H13Cl2NO/c15-9-5-10(16)14-12(6-9)17-11(7-13(14)18)8-3-1-2-4-8/h5-8H,1-4H2,(H,17,18). The van der Waals surface area contributed by atoms with Gasteiger partial charge in [-0.05, 0) is 30.9 Å². The maximum absolute atomic E-state index is 12.1. The molecule has 1 fully saturated rings. The lowest BCUT2D eigenvalue weighted by molar-refractivity contribution is 0.700. The molecular weight excluding hydrogens is 269 g/mol. The van der Waals surface area contributed by atoms with Gasteiger partial charge >= 0.3 is 0 Å². The van der Waals surface area contributed by atoms with E-state index in [0.717, 1.165) is 24.1 Å². The molecule has 1 aliphatic rings. The summed E-state index contributed by atoms with van der Waals surface area (Å²) in [6, 6.07) is 5.07. The fourth-order valence-corrected chi connectivity index (χ4v) is 3.37. The minimum Gasteiger partial charge on any atom is -0.358 e. The predicted molar refractivity (Wildman–Crippen MR) is 75.8 cm³/mol. The Kier molecular flexibility index (Phi) is 3.08. The molecule has 1 N–H and O–H groups in total. The highest BCUT2D eigenvalue weighted by molar-refractivity contribution is 6.38. The van der Waals surface area contributed by atoms with Crippen LogP contribution in [0.3, 0.4) is 0 Å². The van der Waals surface area contributed by atoms with Crippen LogP contribution in [-0.2, 0) is 0 Å². The molecule has 18 heavy (non-hydrogen) atoms. The van der Waals surface area contributed by atoms with Gasteiger partial charge < -0.3 is 4.98 Å². The number of rotatable bonds is 1. The summed E-state index contributed by atoms with van der Waals surface area (Å²) in [5, 5.41) is 1.49. The highest BCUT2D eigenvalue weighted by atomic mass is 35.5. The van der Waals surface area contributed by atoms with E-state index < -0.39 is 0 Å². The van der Waals surface area contributed by atoms with E-state index >= 15 is 0 Å². The van der Waals surface area contributed by atoms with Crippen molar-refractivity contribution in [2.24, 2.45) is 0 Å². The second kappa shape index (κ2) is 4.60. The van der Waals surface area contributed by atoms with Gasteiger partial charge in [-0.15, -0.1) is 0 Å². The van der Waals surface area contributed by atoms with Crippen LogP contribution < -0.4 is 5.43 Å².